The van der Waals surface area contributed by atoms with Crippen LogP contribution in [0.3, 0.4) is 0 Å². The van der Waals surface area contributed by atoms with Crippen molar-refractivity contribution in [2.24, 2.45) is 10.7 Å². The van der Waals surface area contributed by atoms with Crippen LogP contribution >= 0.6 is 0 Å². The molecule has 0 saturated carbocycles. The molecule has 0 atom stereocenters. The molecule has 0 fully saturated rings. The van der Waals surface area contributed by atoms with Crippen LogP contribution in [0.25, 0.3) is 21.7 Å². The molecule has 2 N–H and O–H groups in total. The highest BCUT2D eigenvalue weighted by atomic mass is 16.6. The molecule has 132 valence electrons. The molecule has 27 heavy (non-hydrogen) atoms. The Morgan fingerprint density at radius 3 is 2.56 bits per heavy atom. The molecule has 7 nitrogen and oxygen atoms in total. The number of amides is 1. The van der Waals surface area contributed by atoms with Crippen LogP contribution in [-0.2, 0) is 0 Å². The number of hydrogen-bond acceptors (Lipinski definition) is 5. The fraction of sp³-hybridized carbons (Fsp3) is 0. The highest BCUT2D eigenvalue weighted by Crippen LogP contribution is 2.26. The largest absolute Gasteiger partial charge is 0.438 e. The summed E-state index contributed by atoms with van der Waals surface area (Å²) in [6, 6.07) is 18.9. The third-order valence-electron chi connectivity index (χ3n) is 4.20. The summed E-state index contributed by atoms with van der Waals surface area (Å²) in [6.07, 6.45) is 0. The summed E-state index contributed by atoms with van der Waals surface area (Å²) in [7, 11) is 0. The Morgan fingerprint density at radius 2 is 1.78 bits per heavy atom. The van der Waals surface area contributed by atoms with E-state index in [9.17, 15) is 14.9 Å². The quantitative estimate of drug-likeness (QED) is 0.442. The maximum Gasteiger partial charge on any atom is 0.270 e. The standard InChI is InChI=1S/C20H13N3O4/c21-19(24)16-11-13-10-14(23(25)26)8-9-18(13)27-20(16)22-17-7-3-5-12-4-1-2-6-15(12)17/h1-11H,(H2,21,24). The van der Waals surface area contributed by atoms with Gasteiger partial charge in [0.05, 0.1) is 10.6 Å². The van der Waals surface area contributed by atoms with Gasteiger partial charge in [-0.15, -0.1) is 0 Å². The van der Waals surface area contributed by atoms with Crippen molar-refractivity contribution in [3.63, 3.8) is 0 Å². The molecule has 0 aliphatic heterocycles. The summed E-state index contributed by atoms with van der Waals surface area (Å²) >= 11 is 0. The van der Waals surface area contributed by atoms with Crippen molar-refractivity contribution in [2.75, 3.05) is 0 Å². The van der Waals surface area contributed by atoms with Gasteiger partial charge < -0.3 is 10.2 Å². The number of nitro groups is 1. The van der Waals surface area contributed by atoms with Crippen LogP contribution in [0.15, 0.2) is 76.1 Å². The van der Waals surface area contributed by atoms with E-state index in [2.05, 4.69) is 4.99 Å². The Balaban J connectivity index is 2.01. The molecule has 4 rings (SSSR count). The Morgan fingerprint density at radius 1 is 1.00 bits per heavy atom. The summed E-state index contributed by atoms with van der Waals surface area (Å²) in [5.74, 6) is -0.730. The Kier molecular flexibility index (Phi) is 3.89. The second-order valence-corrected chi connectivity index (χ2v) is 5.92. The van der Waals surface area contributed by atoms with Gasteiger partial charge in [0, 0.05) is 22.9 Å². The molecular weight excluding hydrogens is 346 g/mol. The first kappa shape index (κ1) is 16.5. The molecule has 0 radical (unpaired) electrons. The number of nitrogens with two attached hydrogens (primary N) is 1. The topological polar surface area (TPSA) is 112 Å². The van der Waals surface area contributed by atoms with Crippen molar-refractivity contribution in [3.05, 3.63) is 88.0 Å². The molecule has 0 aliphatic rings. The van der Waals surface area contributed by atoms with E-state index in [1.807, 2.05) is 42.5 Å². The second-order valence-electron chi connectivity index (χ2n) is 5.92. The van der Waals surface area contributed by atoms with E-state index in [0.29, 0.717) is 16.7 Å². The number of primary amides is 1. The number of nitrogens with zero attached hydrogens (tertiary/aromatic N) is 2. The van der Waals surface area contributed by atoms with Gasteiger partial charge in [0.2, 0.25) is 5.55 Å². The lowest BCUT2D eigenvalue weighted by molar-refractivity contribution is -0.384. The van der Waals surface area contributed by atoms with Crippen molar-refractivity contribution in [2.45, 2.75) is 0 Å². The molecule has 4 aromatic rings. The van der Waals surface area contributed by atoms with Crippen LogP contribution in [0.4, 0.5) is 11.4 Å². The number of benzene rings is 3. The van der Waals surface area contributed by atoms with Crippen LogP contribution in [0.2, 0.25) is 0 Å². The van der Waals surface area contributed by atoms with E-state index >= 15 is 0 Å². The van der Waals surface area contributed by atoms with Gasteiger partial charge in [0.15, 0.2) is 0 Å². The number of carbonyl (C=O) groups excluding carboxylic acids is 1. The molecule has 0 spiro atoms. The number of nitro benzene ring substituents is 1. The predicted molar refractivity (Wildman–Crippen MR) is 101 cm³/mol. The number of carbonyl (C=O) groups is 1. The maximum absolute atomic E-state index is 11.9. The van der Waals surface area contributed by atoms with Gasteiger partial charge in [-0.3, -0.25) is 14.9 Å². The molecule has 1 amide bonds. The van der Waals surface area contributed by atoms with E-state index < -0.39 is 10.8 Å². The molecular formula is C20H13N3O4. The van der Waals surface area contributed by atoms with Crippen LogP contribution < -0.4 is 11.3 Å². The van der Waals surface area contributed by atoms with Crippen molar-refractivity contribution in [3.8, 4) is 0 Å². The summed E-state index contributed by atoms with van der Waals surface area (Å²) < 4.78 is 5.75. The van der Waals surface area contributed by atoms with Gasteiger partial charge in [-0.2, -0.15) is 0 Å². The maximum atomic E-state index is 11.9. The summed E-state index contributed by atoms with van der Waals surface area (Å²) in [5.41, 5.74) is 6.47. The van der Waals surface area contributed by atoms with Gasteiger partial charge in [0.25, 0.3) is 11.6 Å². The SMILES string of the molecule is NC(=O)c1cc2cc([N+](=O)[O-])ccc2oc1=Nc1cccc2ccccc12. The molecule has 3 aromatic carbocycles. The fourth-order valence-electron chi connectivity index (χ4n) is 2.91. The lowest BCUT2D eigenvalue weighted by Gasteiger charge is -2.04. The van der Waals surface area contributed by atoms with E-state index in [1.54, 1.807) is 0 Å². The van der Waals surface area contributed by atoms with Crippen LogP contribution in [0.1, 0.15) is 10.4 Å². The lowest BCUT2D eigenvalue weighted by atomic mass is 10.1. The minimum Gasteiger partial charge on any atom is -0.438 e. The van der Waals surface area contributed by atoms with E-state index in [1.165, 1.54) is 24.3 Å². The Labute approximate surface area is 152 Å². The van der Waals surface area contributed by atoms with Crippen LogP contribution in [-0.4, -0.2) is 10.8 Å². The van der Waals surface area contributed by atoms with Gasteiger partial charge in [-0.05, 0) is 23.6 Å². The predicted octanol–water partition coefficient (Wildman–Crippen LogP) is 3.83. The number of hydrogen-bond donors (Lipinski definition) is 1. The zero-order valence-corrected chi connectivity index (χ0v) is 14.0. The Bertz CT molecular complexity index is 1290. The molecule has 0 unspecified atom stereocenters. The van der Waals surface area contributed by atoms with Gasteiger partial charge >= 0.3 is 0 Å². The van der Waals surface area contributed by atoms with E-state index in [-0.39, 0.29) is 16.8 Å². The minimum absolute atomic E-state index is 0.0518. The van der Waals surface area contributed by atoms with E-state index in [0.717, 1.165) is 10.8 Å². The smallest absolute Gasteiger partial charge is 0.270 e. The summed E-state index contributed by atoms with van der Waals surface area (Å²) in [4.78, 5) is 26.8. The third kappa shape index (κ3) is 3.02. The third-order valence-corrected chi connectivity index (χ3v) is 4.20. The first-order chi connectivity index (χ1) is 13.0. The molecule has 1 heterocycles. The van der Waals surface area contributed by atoms with E-state index in [4.69, 9.17) is 10.2 Å². The molecule has 0 aliphatic carbocycles. The van der Waals surface area contributed by atoms with Crippen molar-refractivity contribution >= 4 is 39.0 Å². The molecule has 1 aromatic heterocycles. The van der Waals surface area contributed by atoms with Crippen LogP contribution in [0.5, 0.6) is 0 Å². The minimum atomic E-state index is -0.730. The Hall–Kier alpha value is -4.00. The first-order valence-electron chi connectivity index (χ1n) is 8.07. The normalized spacial score (nSPS) is 11.8. The van der Waals surface area contributed by atoms with Crippen molar-refractivity contribution < 1.29 is 14.1 Å². The zero-order valence-electron chi connectivity index (χ0n) is 14.0. The second kappa shape index (κ2) is 6.38. The summed E-state index contributed by atoms with van der Waals surface area (Å²) in [6.45, 7) is 0. The summed E-state index contributed by atoms with van der Waals surface area (Å²) in [5, 5.41) is 13.3. The lowest BCUT2D eigenvalue weighted by Crippen LogP contribution is -2.21. The van der Waals surface area contributed by atoms with Crippen molar-refractivity contribution in [1.82, 2.24) is 0 Å². The highest BCUT2D eigenvalue weighted by molar-refractivity contribution is 5.96. The average Bonchev–Trinajstić information content (AvgIpc) is 2.67. The van der Waals surface area contributed by atoms with Gasteiger partial charge in [0.1, 0.15) is 11.1 Å². The van der Waals surface area contributed by atoms with Gasteiger partial charge in [-0.1, -0.05) is 36.4 Å². The number of rotatable bonds is 3. The number of non-ortho nitro benzene ring substituents is 1. The van der Waals surface area contributed by atoms with Crippen LogP contribution in [0, 0.1) is 10.1 Å². The highest BCUT2D eigenvalue weighted by Gasteiger charge is 2.13. The van der Waals surface area contributed by atoms with Gasteiger partial charge in [-0.25, -0.2) is 4.99 Å². The zero-order chi connectivity index (χ0) is 19.0. The monoisotopic (exact) mass is 359 g/mol. The molecule has 0 saturated heterocycles. The average molecular weight is 359 g/mol. The number of fused-ring (bicyclic) bond motifs is 2. The fourth-order valence-corrected chi connectivity index (χ4v) is 2.91. The molecule has 7 heteroatoms. The first-order valence-corrected chi connectivity index (χ1v) is 8.07. The van der Waals surface area contributed by atoms with Crippen molar-refractivity contribution in [1.29, 1.82) is 0 Å². The molecule has 0 bridgehead atoms.